The first-order valence-electron chi connectivity index (χ1n) is 12.8. The van der Waals surface area contributed by atoms with Crippen molar-refractivity contribution < 1.29 is 19.0 Å². The number of benzene rings is 3. The van der Waals surface area contributed by atoms with Crippen molar-refractivity contribution in [2.75, 3.05) is 19.2 Å². The number of ether oxygens (including phenoxy) is 3. The predicted octanol–water partition coefficient (Wildman–Crippen LogP) is 4.23. The van der Waals surface area contributed by atoms with Gasteiger partial charge in [-0.15, -0.1) is 0 Å². The van der Waals surface area contributed by atoms with Crippen LogP contribution in [0.2, 0.25) is 0 Å². The number of nitrogens with zero attached hydrogens (tertiary/aromatic N) is 2. The van der Waals surface area contributed by atoms with Crippen LogP contribution >= 0.6 is 11.3 Å². The molecule has 0 saturated carbocycles. The molecule has 8 nitrogen and oxygen atoms in total. The van der Waals surface area contributed by atoms with Gasteiger partial charge in [0.05, 0.1) is 29.0 Å². The summed E-state index contributed by atoms with van der Waals surface area (Å²) in [5, 5.41) is 2.98. The number of carbonyl (C=O) groups excluding carboxylic acids is 1. The molecule has 6 rings (SSSR count). The maximum atomic E-state index is 14.0. The summed E-state index contributed by atoms with van der Waals surface area (Å²) in [6.07, 6.45) is 1.84. The lowest BCUT2D eigenvalue weighted by Gasteiger charge is -2.26. The molecular weight excluding hydrogens is 526 g/mol. The van der Waals surface area contributed by atoms with Gasteiger partial charge in [-0.05, 0) is 79.4 Å². The first-order valence-corrected chi connectivity index (χ1v) is 13.6. The fourth-order valence-electron chi connectivity index (χ4n) is 5.01. The van der Waals surface area contributed by atoms with Crippen molar-refractivity contribution in [3.8, 4) is 17.2 Å². The number of carbonyl (C=O) groups is 1. The Hall–Kier alpha value is -4.63. The van der Waals surface area contributed by atoms with Gasteiger partial charge in [0.25, 0.3) is 11.5 Å². The number of allylic oxidation sites excluding steroid dienone is 1. The molecule has 0 radical (unpaired) electrons. The van der Waals surface area contributed by atoms with Crippen molar-refractivity contribution in [2.24, 2.45) is 4.99 Å². The van der Waals surface area contributed by atoms with E-state index >= 15 is 0 Å². The van der Waals surface area contributed by atoms with Crippen LogP contribution in [0, 0.1) is 13.8 Å². The minimum Gasteiger partial charge on any atom is -0.496 e. The molecule has 1 atom stereocenters. The SMILES string of the molecule is COc1cc([C@@H]2C(C(=O)Nc3ccccc3)=C(C)N=c3s/c(=C\c4cc5c(cc4C)OCO5)c(=O)n32)ccc1C. The maximum Gasteiger partial charge on any atom is 0.271 e. The van der Waals surface area contributed by atoms with E-state index in [1.807, 2.05) is 80.6 Å². The Labute approximate surface area is 234 Å². The molecule has 0 unspecified atom stereocenters. The summed E-state index contributed by atoms with van der Waals surface area (Å²) >= 11 is 1.29. The van der Waals surface area contributed by atoms with E-state index in [2.05, 4.69) is 5.32 Å². The third kappa shape index (κ3) is 4.48. The Kier molecular flexibility index (Phi) is 6.51. The van der Waals surface area contributed by atoms with E-state index in [0.29, 0.717) is 43.5 Å². The van der Waals surface area contributed by atoms with Crippen LogP contribution in [-0.2, 0) is 4.79 Å². The van der Waals surface area contributed by atoms with Gasteiger partial charge in [-0.2, -0.15) is 0 Å². The summed E-state index contributed by atoms with van der Waals surface area (Å²) in [6, 6.07) is 18.1. The summed E-state index contributed by atoms with van der Waals surface area (Å²) in [5.74, 6) is 1.69. The van der Waals surface area contributed by atoms with E-state index in [-0.39, 0.29) is 18.3 Å². The highest BCUT2D eigenvalue weighted by Gasteiger charge is 2.33. The molecule has 0 spiro atoms. The fourth-order valence-corrected chi connectivity index (χ4v) is 6.05. The molecule has 0 fully saturated rings. The van der Waals surface area contributed by atoms with Crippen molar-refractivity contribution in [3.05, 3.63) is 114 Å². The van der Waals surface area contributed by atoms with Crippen molar-refractivity contribution in [3.63, 3.8) is 0 Å². The molecule has 0 saturated heterocycles. The van der Waals surface area contributed by atoms with Gasteiger partial charge in [0.1, 0.15) is 5.75 Å². The molecule has 4 aromatic rings. The van der Waals surface area contributed by atoms with Crippen molar-refractivity contribution in [2.45, 2.75) is 26.8 Å². The number of methoxy groups -OCH3 is 1. The highest BCUT2D eigenvalue weighted by Crippen LogP contribution is 2.35. The number of aromatic nitrogens is 1. The molecule has 1 N–H and O–H groups in total. The Bertz CT molecular complexity index is 1870. The van der Waals surface area contributed by atoms with E-state index in [4.69, 9.17) is 19.2 Å². The standard InChI is InChI=1S/C31H27N3O5S/c1-17-10-11-20(13-23(17)37-4)28-27(29(35)33-22-8-6-5-7-9-22)19(3)32-31-34(28)30(36)26(40-31)15-21-14-25-24(12-18(21)2)38-16-39-25/h5-15,28H,16H2,1-4H3,(H,33,35)/b26-15-/t28-/m1/s1. The lowest BCUT2D eigenvalue weighted by molar-refractivity contribution is -0.113. The minimum atomic E-state index is -0.700. The quantitative estimate of drug-likeness (QED) is 0.400. The fraction of sp³-hybridized carbons (Fsp3) is 0.194. The van der Waals surface area contributed by atoms with E-state index < -0.39 is 6.04 Å². The van der Waals surface area contributed by atoms with Gasteiger partial charge in [-0.1, -0.05) is 41.7 Å². The maximum absolute atomic E-state index is 14.0. The Morgan fingerprint density at radius 3 is 2.55 bits per heavy atom. The topological polar surface area (TPSA) is 91.2 Å². The molecule has 3 heterocycles. The smallest absolute Gasteiger partial charge is 0.271 e. The van der Waals surface area contributed by atoms with E-state index in [1.54, 1.807) is 18.6 Å². The molecule has 202 valence electrons. The molecule has 1 aromatic heterocycles. The first kappa shape index (κ1) is 25.6. The number of thiazole rings is 1. The Balaban J connectivity index is 1.53. The van der Waals surface area contributed by atoms with Gasteiger partial charge in [-0.25, -0.2) is 4.99 Å². The average Bonchev–Trinajstić information content (AvgIpc) is 3.52. The zero-order valence-corrected chi connectivity index (χ0v) is 23.3. The summed E-state index contributed by atoms with van der Waals surface area (Å²) in [5.41, 5.74) is 4.87. The van der Waals surface area contributed by atoms with Crippen LogP contribution in [0.5, 0.6) is 17.2 Å². The number of aryl methyl sites for hydroxylation is 2. The monoisotopic (exact) mass is 553 g/mol. The van der Waals surface area contributed by atoms with Crippen LogP contribution in [0.1, 0.15) is 35.2 Å². The number of rotatable bonds is 5. The van der Waals surface area contributed by atoms with Gasteiger partial charge in [0.2, 0.25) is 6.79 Å². The van der Waals surface area contributed by atoms with Gasteiger partial charge < -0.3 is 19.5 Å². The largest absolute Gasteiger partial charge is 0.496 e. The number of amides is 1. The van der Waals surface area contributed by atoms with Gasteiger partial charge >= 0.3 is 0 Å². The second kappa shape index (κ2) is 10.2. The Morgan fingerprint density at radius 1 is 1.05 bits per heavy atom. The Morgan fingerprint density at radius 2 is 1.80 bits per heavy atom. The molecule has 9 heteroatoms. The average molecular weight is 554 g/mol. The number of hydrogen-bond acceptors (Lipinski definition) is 7. The zero-order chi connectivity index (χ0) is 28.0. The van der Waals surface area contributed by atoms with Crippen LogP contribution in [0.4, 0.5) is 5.69 Å². The third-order valence-electron chi connectivity index (χ3n) is 7.09. The predicted molar refractivity (Wildman–Crippen MR) is 154 cm³/mol. The molecule has 2 aliphatic rings. The minimum absolute atomic E-state index is 0.174. The summed E-state index contributed by atoms with van der Waals surface area (Å²) in [7, 11) is 1.61. The summed E-state index contributed by atoms with van der Waals surface area (Å²) in [6.45, 7) is 5.89. The number of para-hydroxylation sites is 1. The summed E-state index contributed by atoms with van der Waals surface area (Å²) in [4.78, 5) is 33.0. The van der Waals surface area contributed by atoms with Crippen molar-refractivity contribution in [1.29, 1.82) is 0 Å². The molecule has 3 aromatic carbocycles. The molecule has 2 aliphatic heterocycles. The van der Waals surface area contributed by atoms with Gasteiger partial charge in [0.15, 0.2) is 16.3 Å². The van der Waals surface area contributed by atoms with Gasteiger partial charge in [-0.3, -0.25) is 14.2 Å². The highest BCUT2D eigenvalue weighted by atomic mass is 32.1. The van der Waals surface area contributed by atoms with E-state index in [0.717, 1.165) is 22.3 Å². The molecule has 1 amide bonds. The van der Waals surface area contributed by atoms with Crippen LogP contribution in [0.3, 0.4) is 0 Å². The lowest BCUT2D eigenvalue weighted by atomic mass is 9.94. The van der Waals surface area contributed by atoms with Crippen LogP contribution in [-0.4, -0.2) is 24.4 Å². The number of hydrogen-bond donors (Lipinski definition) is 1. The highest BCUT2D eigenvalue weighted by molar-refractivity contribution is 7.07. The van der Waals surface area contributed by atoms with Gasteiger partial charge in [0, 0.05) is 5.69 Å². The van der Waals surface area contributed by atoms with Crippen LogP contribution < -0.4 is 34.4 Å². The third-order valence-corrected chi connectivity index (χ3v) is 8.08. The second-order valence-corrected chi connectivity index (χ2v) is 10.7. The first-order chi connectivity index (χ1) is 19.3. The van der Waals surface area contributed by atoms with E-state index in [1.165, 1.54) is 11.3 Å². The molecule has 0 bridgehead atoms. The molecular formula is C31H27N3O5S. The van der Waals surface area contributed by atoms with Crippen molar-refractivity contribution >= 4 is 29.0 Å². The number of fused-ring (bicyclic) bond motifs is 2. The summed E-state index contributed by atoms with van der Waals surface area (Å²) < 4.78 is 18.7. The van der Waals surface area contributed by atoms with Crippen LogP contribution in [0.25, 0.3) is 6.08 Å². The zero-order valence-electron chi connectivity index (χ0n) is 22.5. The second-order valence-electron chi connectivity index (χ2n) is 9.69. The number of nitrogens with one attached hydrogen (secondary N) is 1. The van der Waals surface area contributed by atoms with Crippen LogP contribution in [0.15, 0.2) is 81.7 Å². The molecule has 40 heavy (non-hydrogen) atoms. The number of anilines is 1. The normalized spacial score (nSPS) is 16.0. The van der Waals surface area contributed by atoms with Crippen molar-refractivity contribution in [1.82, 2.24) is 4.57 Å². The van der Waals surface area contributed by atoms with E-state index in [9.17, 15) is 9.59 Å². The molecule has 0 aliphatic carbocycles. The lowest BCUT2D eigenvalue weighted by Crippen LogP contribution is -2.40.